The molecular formula is C16H25FN2O2S. The van der Waals surface area contributed by atoms with Crippen molar-refractivity contribution in [2.75, 3.05) is 26.2 Å². The van der Waals surface area contributed by atoms with Gasteiger partial charge in [-0.1, -0.05) is 13.0 Å². The van der Waals surface area contributed by atoms with Gasteiger partial charge >= 0.3 is 0 Å². The van der Waals surface area contributed by atoms with Crippen molar-refractivity contribution in [3.63, 3.8) is 0 Å². The van der Waals surface area contributed by atoms with E-state index in [1.165, 1.54) is 25.0 Å². The van der Waals surface area contributed by atoms with E-state index in [1.807, 2.05) is 0 Å². The molecule has 1 atom stereocenters. The molecule has 6 heteroatoms. The Hall–Kier alpha value is -0.980. The molecule has 0 amide bonds. The van der Waals surface area contributed by atoms with Gasteiger partial charge in [-0.15, -0.1) is 0 Å². The van der Waals surface area contributed by atoms with Crippen LogP contribution in [0.15, 0.2) is 23.1 Å². The number of aryl methyl sites for hydroxylation is 1. The molecule has 1 aliphatic heterocycles. The van der Waals surface area contributed by atoms with Crippen LogP contribution >= 0.6 is 0 Å². The Morgan fingerprint density at radius 1 is 1.41 bits per heavy atom. The molecule has 0 saturated carbocycles. The van der Waals surface area contributed by atoms with Crippen molar-refractivity contribution in [1.82, 2.24) is 9.62 Å². The second-order valence-electron chi connectivity index (χ2n) is 6.21. The molecule has 0 radical (unpaired) electrons. The molecule has 1 N–H and O–H groups in total. The maximum absolute atomic E-state index is 13.5. The van der Waals surface area contributed by atoms with Crippen LogP contribution < -0.4 is 4.72 Å². The van der Waals surface area contributed by atoms with Crippen LogP contribution in [-0.2, 0) is 10.0 Å². The number of halogens is 1. The van der Waals surface area contributed by atoms with Gasteiger partial charge in [-0.2, -0.15) is 0 Å². The van der Waals surface area contributed by atoms with Crippen molar-refractivity contribution in [1.29, 1.82) is 0 Å². The zero-order valence-electron chi connectivity index (χ0n) is 13.3. The third kappa shape index (κ3) is 4.76. The lowest BCUT2D eigenvalue weighted by Gasteiger charge is -2.30. The minimum Gasteiger partial charge on any atom is -0.303 e. The molecule has 22 heavy (non-hydrogen) atoms. The molecule has 1 aromatic carbocycles. The van der Waals surface area contributed by atoms with Gasteiger partial charge in [0.2, 0.25) is 10.0 Å². The van der Waals surface area contributed by atoms with Gasteiger partial charge in [0.05, 0.1) is 4.90 Å². The van der Waals surface area contributed by atoms with E-state index in [-0.39, 0.29) is 4.90 Å². The maximum atomic E-state index is 13.5. The lowest BCUT2D eigenvalue weighted by Crippen LogP contribution is -2.36. The van der Waals surface area contributed by atoms with Crippen molar-refractivity contribution < 1.29 is 12.8 Å². The average molecular weight is 328 g/mol. The molecule has 1 saturated heterocycles. The SMILES string of the molecule is Cc1ccc(S(=O)(=O)NCCCN2CCCC(C)C2)cc1F. The minimum atomic E-state index is -3.62. The number of sulfonamides is 1. The average Bonchev–Trinajstić information content (AvgIpc) is 2.46. The monoisotopic (exact) mass is 328 g/mol. The second kappa shape index (κ2) is 7.53. The number of rotatable bonds is 6. The summed E-state index contributed by atoms with van der Waals surface area (Å²) in [4.78, 5) is 2.37. The lowest BCUT2D eigenvalue weighted by atomic mass is 10.0. The zero-order valence-corrected chi connectivity index (χ0v) is 14.1. The fraction of sp³-hybridized carbons (Fsp3) is 0.625. The molecule has 124 valence electrons. The van der Waals surface area contributed by atoms with E-state index in [1.54, 1.807) is 6.92 Å². The first kappa shape index (κ1) is 17.4. The Kier molecular flexibility index (Phi) is 5.94. The molecule has 0 aromatic heterocycles. The summed E-state index contributed by atoms with van der Waals surface area (Å²) in [5.74, 6) is 0.228. The minimum absolute atomic E-state index is 0.0119. The highest BCUT2D eigenvalue weighted by atomic mass is 32.2. The van der Waals surface area contributed by atoms with E-state index >= 15 is 0 Å². The first-order valence-corrected chi connectivity index (χ1v) is 9.35. The number of nitrogens with zero attached hydrogens (tertiary/aromatic N) is 1. The number of piperidine rings is 1. The van der Waals surface area contributed by atoms with Crippen LogP contribution in [0.3, 0.4) is 0 Å². The van der Waals surface area contributed by atoms with E-state index in [0.29, 0.717) is 12.1 Å². The number of likely N-dealkylation sites (tertiary alicyclic amines) is 1. The topological polar surface area (TPSA) is 49.4 Å². The smallest absolute Gasteiger partial charge is 0.240 e. The van der Waals surface area contributed by atoms with E-state index in [0.717, 1.165) is 38.0 Å². The van der Waals surface area contributed by atoms with Gasteiger partial charge in [-0.25, -0.2) is 17.5 Å². The van der Waals surface area contributed by atoms with Crippen molar-refractivity contribution >= 4 is 10.0 Å². The maximum Gasteiger partial charge on any atom is 0.240 e. The van der Waals surface area contributed by atoms with E-state index < -0.39 is 15.8 Å². The van der Waals surface area contributed by atoms with Crippen LogP contribution in [0.25, 0.3) is 0 Å². The Bertz CT molecular complexity index is 604. The van der Waals surface area contributed by atoms with Crippen molar-refractivity contribution in [2.24, 2.45) is 5.92 Å². The van der Waals surface area contributed by atoms with Gasteiger partial charge in [0.15, 0.2) is 0 Å². The molecule has 4 nitrogen and oxygen atoms in total. The van der Waals surface area contributed by atoms with Crippen LogP contribution in [0.4, 0.5) is 4.39 Å². The summed E-state index contributed by atoms with van der Waals surface area (Å²) in [6.07, 6.45) is 3.26. The summed E-state index contributed by atoms with van der Waals surface area (Å²) >= 11 is 0. The summed E-state index contributed by atoms with van der Waals surface area (Å²) < 4.78 is 40.2. The van der Waals surface area contributed by atoms with E-state index in [2.05, 4.69) is 16.5 Å². The molecule has 1 aliphatic rings. The van der Waals surface area contributed by atoms with E-state index in [9.17, 15) is 12.8 Å². The van der Waals surface area contributed by atoms with Crippen LogP contribution in [0.5, 0.6) is 0 Å². The molecule has 0 bridgehead atoms. The summed E-state index contributed by atoms with van der Waals surface area (Å²) in [6.45, 7) is 7.33. The lowest BCUT2D eigenvalue weighted by molar-refractivity contribution is 0.182. The number of hydrogen-bond acceptors (Lipinski definition) is 3. The van der Waals surface area contributed by atoms with Gasteiger partial charge in [0.1, 0.15) is 5.82 Å². The van der Waals surface area contributed by atoms with Crippen molar-refractivity contribution in [3.8, 4) is 0 Å². The summed E-state index contributed by atoms with van der Waals surface area (Å²) in [7, 11) is -3.62. The molecule has 2 rings (SSSR count). The molecule has 1 unspecified atom stereocenters. The van der Waals surface area contributed by atoms with Crippen LogP contribution in [0.2, 0.25) is 0 Å². The fourth-order valence-corrected chi connectivity index (χ4v) is 3.91. The van der Waals surface area contributed by atoms with Gasteiger partial charge < -0.3 is 4.90 Å². The summed E-state index contributed by atoms with van der Waals surface area (Å²) in [5.41, 5.74) is 0.443. The number of benzene rings is 1. The highest BCUT2D eigenvalue weighted by Gasteiger charge is 2.17. The van der Waals surface area contributed by atoms with E-state index in [4.69, 9.17) is 0 Å². The Morgan fingerprint density at radius 2 is 2.18 bits per heavy atom. The highest BCUT2D eigenvalue weighted by Crippen LogP contribution is 2.16. The standard InChI is InChI=1S/C16H25FN2O2S/c1-13-5-3-9-19(12-13)10-4-8-18-22(20,21)15-7-6-14(2)16(17)11-15/h6-7,11,13,18H,3-5,8-10,12H2,1-2H3. The first-order chi connectivity index (χ1) is 10.4. The van der Waals surface area contributed by atoms with Gasteiger partial charge in [0, 0.05) is 13.1 Å². The van der Waals surface area contributed by atoms with Crippen LogP contribution in [-0.4, -0.2) is 39.5 Å². The quantitative estimate of drug-likeness (QED) is 0.817. The Labute approximate surface area is 132 Å². The zero-order chi connectivity index (χ0) is 16.2. The molecule has 0 aliphatic carbocycles. The largest absolute Gasteiger partial charge is 0.303 e. The summed E-state index contributed by atoms with van der Waals surface area (Å²) in [6, 6.07) is 4.00. The van der Waals surface area contributed by atoms with Crippen LogP contribution in [0.1, 0.15) is 31.7 Å². The molecular weight excluding hydrogens is 303 g/mol. The fourth-order valence-electron chi connectivity index (χ4n) is 2.82. The van der Waals surface area contributed by atoms with Gasteiger partial charge in [-0.3, -0.25) is 0 Å². The van der Waals surface area contributed by atoms with Gasteiger partial charge in [0.25, 0.3) is 0 Å². The Balaban J connectivity index is 1.81. The predicted octanol–water partition coefficient (Wildman–Crippen LogP) is 2.53. The second-order valence-corrected chi connectivity index (χ2v) is 7.98. The molecule has 0 spiro atoms. The molecule has 1 fully saturated rings. The molecule has 1 heterocycles. The van der Waals surface area contributed by atoms with Gasteiger partial charge in [-0.05, 0) is 62.9 Å². The third-order valence-electron chi connectivity index (χ3n) is 4.14. The summed E-state index contributed by atoms with van der Waals surface area (Å²) in [5, 5.41) is 0. The first-order valence-electron chi connectivity index (χ1n) is 7.86. The highest BCUT2D eigenvalue weighted by molar-refractivity contribution is 7.89. The number of nitrogens with one attached hydrogen (secondary N) is 1. The predicted molar refractivity (Wildman–Crippen MR) is 85.8 cm³/mol. The van der Waals surface area contributed by atoms with Crippen LogP contribution in [0, 0.1) is 18.7 Å². The Morgan fingerprint density at radius 3 is 2.86 bits per heavy atom. The third-order valence-corrected chi connectivity index (χ3v) is 5.60. The normalized spacial score (nSPS) is 20.2. The molecule has 1 aromatic rings. The van der Waals surface area contributed by atoms with Crippen molar-refractivity contribution in [3.05, 3.63) is 29.6 Å². The van der Waals surface area contributed by atoms with Crippen molar-refractivity contribution in [2.45, 2.75) is 38.0 Å². The number of hydrogen-bond donors (Lipinski definition) is 1.